The standard InChI is InChI=1S/C20H25N3O5S/c1-4-27-20(26)18-15(16-6-5-13(2)28-16)12-29-19(18)21-17(25)11-22-7-9-23(10-8-22)14(3)24/h5-6,12H,4,7-11H2,1-3H3,(H,21,25). The Bertz CT molecular complexity index is 896. The summed E-state index contributed by atoms with van der Waals surface area (Å²) < 4.78 is 10.8. The highest BCUT2D eigenvalue weighted by atomic mass is 32.1. The van der Waals surface area contributed by atoms with E-state index in [9.17, 15) is 14.4 Å². The van der Waals surface area contributed by atoms with Crippen molar-refractivity contribution in [2.75, 3.05) is 44.6 Å². The van der Waals surface area contributed by atoms with Gasteiger partial charge in [-0.15, -0.1) is 11.3 Å². The normalized spacial score (nSPS) is 14.7. The number of carbonyl (C=O) groups excluding carboxylic acids is 3. The molecule has 3 heterocycles. The van der Waals surface area contributed by atoms with Gasteiger partial charge < -0.3 is 19.4 Å². The van der Waals surface area contributed by atoms with E-state index in [1.165, 1.54) is 11.3 Å². The average Bonchev–Trinajstić information content (AvgIpc) is 3.28. The molecule has 29 heavy (non-hydrogen) atoms. The molecule has 2 aromatic rings. The zero-order valence-corrected chi connectivity index (χ0v) is 17.6. The fraction of sp³-hybridized carbons (Fsp3) is 0.450. The van der Waals surface area contributed by atoms with E-state index in [1.54, 1.807) is 30.2 Å². The summed E-state index contributed by atoms with van der Waals surface area (Å²) in [5.41, 5.74) is 0.910. The molecule has 8 nitrogen and oxygen atoms in total. The number of hydrogen-bond acceptors (Lipinski definition) is 7. The quantitative estimate of drug-likeness (QED) is 0.724. The molecule has 2 aromatic heterocycles. The number of furan rings is 1. The largest absolute Gasteiger partial charge is 0.462 e. The molecule has 1 fully saturated rings. The monoisotopic (exact) mass is 419 g/mol. The number of nitrogens with zero attached hydrogens (tertiary/aromatic N) is 2. The van der Waals surface area contributed by atoms with Crippen molar-refractivity contribution in [3.63, 3.8) is 0 Å². The van der Waals surface area contributed by atoms with Crippen LogP contribution in [-0.2, 0) is 14.3 Å². The third-order valence-electron chi connectivity index (χ3n) is 4.71. The lowest BCUT2D eigenvalue weighted by Gasteiger charge is -2.33. The van der Waals surface area contributed by atoms with Crippen LogP contribution in [0.15, 0.2) is 21.9 Å². The molecule has 0 bridgehead atoms. The smallest absolute Gasteiger partial charge is 0.341 e. The maximum Gasteiger partial charge on any atom is 0.341 e. The number of carbonyl (C=O) groups is 3. The van der Waals surface area contributed by atoms with E-state index >= 15 is 0 Å². The molecule has 1 aliphatic heterocycles. The number of ether oxygens (including phenoxy) is 1. The summed E-state index contributed by atoms with van der Waals surface area (Å²) in [5.74, 6) is 0.630. The van der Waals surface area contributed by atoms with Crippen molar-refractivity contribution < 1.29 is 23.5 Å². The molecule has 0 radical (unpaired) electrons. The van der Waals surface area contributed by atoms with Gasteiger partial charge in [0, 0.05) is 44.0 Å². The lowest BCUT2D eigenvalue weighted by atomic mass is 10.1. The first kappa shape index (κ1) is 21.1. The molecule has 0 spiro atoms. The Morgan fingerprint density at radius 2 is 1.93 bits per heavy atom. The molecule has 3 rings (SSSR count). The molecule has 0 saturated carbocycles. The Morgan fingerprint density at radius 3 is 2.52 bits per heavy atom. The van der Waals surface area contributed by atoms with Gasteiger partial charge in [-0.05, 0) is 26.0 Å². The summed E-state index contributed by atoms with van der Waals surface area (Å²) in [6, 6.07) is 3.61. The second-order valence-corrected chi connectivity index (χ2v) is 7.69. The van der Waals surface area contributed by atoms with Crippen molar-refractivity contribution in [1.29, 1.82) is 0 Å². The van der Waals surface area contributed by atoms with Gasteiger partial charge in [0.25, 0.3) is 0 Å². The Hall–Kier alpha value is -2.65. The maximum atomic E-state index is 12.6. The van der Waals surface area contributed by atoms with Crippen LogP contribution in [0.1, 0.15) is 30.0 Å². The highest BCUT2D eigenvalue weighted by Gasteiger charge is 2.25. The summed E-state index contributed by atoms with van der Waals surface area (Å²) in [6.07, 6.45) is 0. The number of amides is 2. The zero-order chi connectivity index (χ0) is 21.0. The number of piperazine rings is 1. The predicted molar refractivity (Wildman–Crippen MR) is 110 cm³/mol. The van der Waals surface area contributed by atoms with E-state index in [4.69, 9.17) is 9.15 Å². The molecule has 0 aliphatic carbocycles. The first-order valence-electron chi connectivity index (χ1n) is 9.52. The maximum absolute atomic E-state index is 12.6. The fourth-order valence-electron chi connectivity index (χ4n) is 3.21. The third-order valence-corrected chi connectivity index (χ3v) is 5.61. The first-order chi connectivity index (χ1) is 13.9. The predicted octanol–water partition coefficient (Wildman–Crippen LogP) is 2.60. The van der Waals surface area contributed by atoms with Crippen molar-refractivity contribution in [3.8, 4) is 11.3 Å². The minimum absolute atomic E-state index is 0.0486. The van der Waals surface area contributed by atoms with Gasteiger partial charge in [-0.3, -0.25) is 14.5 Å². The van der Waals surface area contributed by atoms with E-state index in [2.05, 4.69) is 5.32 Å². The molecule has 156 valence electrons. The van der Waals surface area contributed by atoms with E-state index in [0.29, 0.717) is 48.1 Å². The molecule has 1 aliphatic rings. The van der Waals surface area contributed by atoms with Gasteiger partial charge in [0.15, 0.2) is 0 Å². The van der Waals surface area contributed by atoms with E-state index < -0.39 is 5.97 Å². The van der Waals surface area contributed by atoms with E-state index in [-0.39, 0.29) is 25.0 Å². The van der Waals surface area contributed by atoms with Crippen LogP contribution in [0.5, 0.6) is 0 Å². The van der Waals surface area contributed by atoms with Crippen LogP contribution < -0.4 is 5.32 Å². The Labute approximate surface area is 173 Å². The second-order valence-electron chi connectivity index (χ2n) is 6.81. The topological polar surface area (TPSA) is 92.1 Å². The van der Waals surface area contributed by atoms with Crippen molar-refractivity contribution >= 4 is 34.1 Å². The summed E-state index contributed by atoms with van der Waals surface area (Å²) in [6.45, 7) is 8.04. The molecule has 1 saturated heterocycles. The Morgan fingerprint density at radius 1 is 1.21 bits per heavy atom. The minimum atomic E-state index is -0.497. The van der Waals surface area contributed by atoms with Crippen LogP contribution in [0, 0.1) is 6.92 Å². The lowest BCUT2D eigenvalue weighted by molar-refractivity contribution is -0.130. The SMILES string of the molecule is CCOC(=O)c1c(-c2ccc(C)o2)csc1NC(=O)CN1CCN(C(C)=O)CC1. The Balaban J connectivity index is 1.71. The molecule has 9 heteroatoms. The average molecular weight is 420 g/mol. The van der Waals surface area contributed by atoms with Gasteiger partial charge in [-0.2, -0.15) is 0 Å². The Kier molecular flexibility index (Phi) is 6.71. The molecular weight excluding hydrogens is 394 g/mol. The van der Waals surface area contributed by atoms with Crippen LogP contribution in [-0.4, -0.2) is 66.9 Å². The number of esters is 1. The van der Waals surface area contributed by atoms with Crippen LogP contribution in [0.25, 0.3) is 11.3 Å². The second kappa shape index (κ2) is 9.23. The zero-order valence-electron chi connectivity index (χ0n) is 16.8. The van der Waals surface area contributed by atoms with Crippen molar-refractivity contribution in [2.45, 2.75) is 20.8 Å². The van der Waals surface area contributed by atoms with Crippen molar-refractivity contribution in [2.24, 2.45) is 0 Å². The summed E-state index contributed by atoms with van der Waals surface area (Å²) >= 11 is 1.26. The number of hydrogen-bond donors (Lipinski definition) is 1. The number of thiophene rings is 1. The highest BCUT2D eigenvalue weighted by molar-refractivity contribution is 7.15. The van der Waals surface area contributed by atoms with Crippen LogP contribution in [0.4, 0.5) is 5.00 Å². The third kappa shape index (κ3) is 5.04. The van der Waals surface area contributed by atoms with E-state index in [1.807, 2.05) is 17.9 Å². The number of aryl methyl sites for hydroxylation is 1. The molecule has 0 atom stereocenters. The number of anilines is 1. The first-order valence-corrected chi connectivity index (χ1v) is 10.4. The lowest BCUT2D eigenvalue weighted by Crippen LogP contribution is -2.49. The van der Waals surface area contributed by atoms with Gasteiger partial charge in [0.1, 0.15) is 22.1 Å². The number of nitrogens with one attached hydrogen (secondary N) is 1. The van der Waals surface area contributed by atoms with Crippen LogP contribution >= 0.6 is 11.3 Å². The number of rotatable bonds is 6. The van der Waals surface area contributed by atoms with Crippen LogP contribution in [0.2, 0.25) is 0 Å². The summed E-state index contributed by atoms with van der Waals surface area (Å²) in [4.78, 5) is 40.3. The van der Waals surface area contributed by atoms with Gasteiger partial charge in [0.05, 0.1) is 13.2 Å². The minimum Gasteiger partial charge on any atom is -0.462 e. The van der Waals surface area contributed by atoms with Crippen molar-refractivity contribution in [3.05, 3.63) is 28.8 Å². The van der Waals surface area contributed by atoms with Gasteiger partial charge >= 0.3 is 5.97 Å². The molecule has 0 aromatic carbocycles. The van der Waals surface area contributed by atoms with Crippen LogP contribution in [0.3, 0.4) is 0 Å². The summed E-state index contributed by atoms with van der Waals surface area (Å²) in [7, 11) is 0. The molecule has 1 N–H and O–H groups in total. The molecule has 0 unspecified atom stereocenters. The fourth-order valence-corrected chi connectivity index (χ4v) is 4.16. The van der Waals surface area contributed by atoms with Crippen molar-refractivity contribution in [1.82, 2.24) is 9.80 Å². The highest BCUT2D eigenvalue weighted by Crippen LogP contribution is 2.37. The van der Waals surface area contributed by atoms with Gasteiger partial charge in [0.2, 0.25) is 11.8 Å². The van der Waals surface area contributed by atoms with Gasteiger partial charge in [-0.1, -0.05) is 0 Å². The van der Waals surface area contributed by atoms with Gasteiger partial charge in [-0.25, -0.2) is 4.79 Å². The summed E-state index contributed by atoms with van der Waals surface area (Å²) in [5, 5.41) is 5.07. The van der Waals surface area contributed by atoms with E-state index in [0.717, 1.165) is 5.76 Å². The molecule has 2 amide bonds. The molecular formula is C20H25N3O5S.